The summed E-state index contributed by atoms with van der Waals surface area (Å²) in [5.41, 5.74) is 7.87. The molecule has 0 saturated carbocycles. The summed E-state index contributed by atoms with van der Waals surface area (Å²) in [5.74, 6) is 1.05. The van der Waals surface area contributed by atoms with E-state index in [2.05, 4.69) is 73.8 Å². The molecule has 6 heteroatoms. The molecule has 2 heterocycles. The van der Waals surface area contributed by atoms with Crippen molar-refractivity contribution in [3.63, 3.8) is 0 Å². The normalized spacial score (nSPS) is 18.1. The highest BCUT2D eigenvalue weighted by Gasteiger charge is 2.39. The molecule has 3 aromatic carbocycles. The first kappa shape index (κ1) is 29.6. The number of rotatable bonds is 10. The van der Waals surface area contributed by atoms with Crippen LogP contribution in [0.4, 0.5) is 0 Å². The third kappa shape index (κ3) is 7.11. The monoisotopic (exact) mass is 565 g/mol. The van der Waals surface area contributed by atoms with Crippen LogP contribution in [0.3, 0.4) is 0 Å². The molecule has 2 unspecified atom stereocenters. The van der Waals surface area contributed by atoms with Gasteiger partial charge in [0.2, 0.25) is 5.91 Å². The summed E-state index contributed by atoms with van der Waals surface area (Å²) >= 11 is 0. The molecule has 3 aromatic rings. The molecule has 2 bridgehead atoms. The maximum Gasteiger partial charge on any atom is 0.251 e. The lowest BCUT2D eigenvalue weighted by Crippen LogP contribution is -2.61. The van der Waals surface area contributed by atoms with Gasteiger partial charge in [-0.15, -0.1) is 0 Å². The van der Waals surface area contributed by atoms with Crippen molar-refractivity contribution in [2.45, 2.75) is 58.5 Å². The highest BCUT2D eigenvalue weighted by molar-refractivity contribution is 6.03. The Morgan fingerprint density at radius 3 is 2.40 bits per heavy atom. The zero-order valence-corrected chi connectivity index (χ0v) is 25.4. The van der Waals surface area contributed by atoms with Gasteiger partial charge >= 0.3 is 0 Å². The summed E-state index contributed by atoms with van der Waals surface area (Å²) < 4.78 is 6.03. The van der Waals surface area contributed by atoms with Crippen LogP contribution in [0.5, 0.6) is 5.75 Å². The largest absolute Gasteiger partial charge is 0.493 e. The number of benzene rings is 3. The van der Waals surface area contributed by atoms with E-state index in [9.17, 15) is 9.59 Å². The van der Waals surface area contributed by atoms with Crippen molar-refractivity contribution >= 4 is 17.4 Å². The molecule has 42 heavy (non-hydrogen) atoms. The van der Waals surface area contributed by atoms with Crippen LogP contribution in [0, 0.1) is 13.8 Å². The minimum Gasteiger partial charge on any atom is -0.493 e. The molecule has 0 spiro atoms. The second-order valence-corrected chi connectivity index (χ2v) is 11.8. The van der Waals surface area contributed by atoms with Gasteiger partial charge in [-0.25, -0.2) is 0 Å². The van der Waals surface area contributed by atoms with E-state index in [0.717, 1.165) is 48.1 Å². The lowest BCUT2D eigenvalue weighted by atomic mass is 9.82. The molecule has 1 fully saturated rings. The predicted molar refractivity (Wildman–Crippen MR) is 168 cm³/mol. The Hall–Kier alpha value is -3.90. The molecule has 6 nitrogen and oxygen atoms in total. The topological polar surface area (TPSA) is 61.9 Å². The maximum absolute atomic E-state index is 14.0. The number of likely N-dealkylation sites (N-methyl/N-ethyl adjacent to an activating group) is 1. The number of amides is 2. The minimum absolute atomic E-state index is 0.0370. The molecular weight excluding hydrogens is 522 g/mol. The Labute approximate surface area is 250 Å². The van der Waals surface area contributed by atoms with E-state index in [1.807, 2.05) is 35.0 Å². The fraction of sp³-hybridized carbons (Fsp3) is 0.389. The molecule has 2 aliphatic rings. The number of aryl methyl sites for hydroxylation is 3. The molecule has 0 radical (unpaired) electrons. The predicted octanol–water partition coefficient (Wildman–Crippen LogP) is 5.36. The van der Waals surface area contributed by atoms with Gasteiger partial charge in [-0.1, -0.05) is 72.3 Å². The molecule has 2 aliphatic heterocycles. The fourth-order valence-corrected chi connectivity index (χ4v) is 6.17. The first-order valence-corrected chi connectivity index (χ1v) is 15.1. The zero-order chi connectivity index (χ0) is 29.6. The Kier molecular flexibility index (Phi) is 9.43. The molecule has 0 aliphatic carbocycles. The number of ether oxygens (including phenoxy) is 1. The summed E-state index contributed by atoms with van der Waals surface area (Å²) in [6.07, 6.45) is 3.38. The third-order valence-corrected chi connectivity index (χ3v) is 8.51. The Bertz CT molecular complexity index is 1430. The van der Waals surface area contributed by atoms with E-state index in [4.69, 9.17) is 4.74 Å². The van der Waals surface area contributed by atoms with E-state index in [0.29, 0.717) is 26.2 Å². The molecule has 2 amide bonds. The number of fused-ring (bicyclic) bond motifs is 2. The number of hydrogen-bond donors (Lipinski definition) is 1. The smallest absolute Gasteiger partial charge is 0.251 e. The van der Waals surface area contributed by atoms with Crippen LogP contribution in [-0.2, 0) is 22.4 Å². The van der Waals surface area contributed by atoms with Gasteiger partial charge in [0.05, 0.1) is 12.6 Å². The Morgan fingerprint density at radius 2 is 1.69 bits per heavy atom. The molecular formula is C36H43N3O3. The van der Waals surface area contributed by atoms with E-state index in [1.165, 1.54) is 22.3 Å². The molecule has 220 valence electrons. The van der Waals surface area contributed by atoms with Crippen molar-refractivity contribution in [1.82, 2.24) is 15.1 Å². The summed E-state index contributed by atoms with van der Waals surface area (Å²) in [4.78, 5) is 30.0. The van der Waals surface area contributed by atoms with Crippen LogP contribution in [0.15, 0.2) is 78.4 Å². The van der Waals surface area contributed by atoms with Gasteiger partial charge < -0.3 is 19.9 Å². The van der Waals surface area contributed by atoms with E-state index >= 15 is 0 Å². The summed E-state index contributed by atoms with van der Waals surface area (Å²) in [5, 5.41) is 3.65. The van der Waals surface area contributed by atoms with Gasteiger partial charge in [0.1, 0.15) is 5.75 Å². The number of nitrogens with one attached hydrogen (secondary N) is 1. The van der Waals surface area contributed by atoms with Crippen LogP contribution in [0.2, 0.25) is 0 Å². The van der Waals surface area contributed by atoms with Gasteiger partial charge in [0.15, 0.2) is 0 Å². The van der Waals surface area contributed by atoms with Crippen molar-refractivity contribution in [2.75, 3.05) is 33.3 Å². The van der Waals surface area contributed by atoms with E-state index in [1.54, 1.807) is 6.92 Å². The van der Waals surface area contributed by atoms with Crippen LogP contribution < -0.4 is 10.1 Å². The molecule has 0 aromatic heterocycles. The first-order chi connectivity index (χ1) is 20.3. The van der Waals surface area contributed by atoms with Crippen molar-refractivity contribution in [3.05, 3.63) is 106 Å². The van der Waals surface area contributed by atoms with E-state index in [-0.39, 0.29) is 23.9 Å². The van der Waals surface area contributed by atoms with Crippen molar-refractivity contribution < 1.29 is 14.3 Å². The van der Waals surface area contributed by atoms with Gasteiger partial charge in [0, 0.05) is 45.2 Å². The molecule has 5 rings (SSSR count). The van der Waals surface area contributed by atoms with Crippen LogP contribution in [0.1, 0.15) is 47.6 Å². The minimum atomic E-state index is -0.176. The summed E-state index contributed by atoms with van der Waals surface area (Å²) in [7, 11) is 1.89. The Balaban J connectivity index is 1.30. The van der Waals surface area contributed by atoms with Crippen LogP contribution >= 0.6 is 0 Å². The molecule has 1 N–H and O–H groups in total. The number of piperazine rings is 1. The first-order valence-electron chi connectivity index (χ1n) is 15.1. The third-order valence-electron chi connectivity index (χ3n) is 8.51. The van der Waals surface area contributed by atoms with Gasteiger partial charge in [-0.2, -0.15) is 0 Å². The van der Waals surface area contributed by atoms with Crippen molar-refractivity contribution in [1.29, 1.82) is 0 Å². The number of carbonyl (C=O) groups is 2. The maximum atomic E-state index is 14.0. The van der Waals surface area contributed by atoms with E-state index < -0.39 is 0 Å². The highest BCUT2D eigenvalue weighted by atomic mass is 16.5. The number of nitrogens with zero attached hydrogens (tertiary/aromatic N) is 2. The van der Waals surface area contributed by atoms with Crippen molar-refractivity contribution in [2.24, 2.45) is 0 Å². The average molecular weight is 566 g/mol. The average Bonchev–Trinajstić information content (AvgIpc) is 2.99. The number of hydrogen-bond acceptors (Lipinski definition) is 4. The summed E-state index contributed by atoms with van der Waals surface area (Å²) in [6.45, 7) is 8.28. The standard InChI is InChI=1S/C36H43N3O3/c1-25-12-17-34(26(2)21-25)42-20-8-11-29-13-15-30(16-14-29)32-22-31-23-39(27(3)40)24-33(37-31)35(32)36(41)38(4)19-18-28-9-6-5-7-10-28/h5-7,9-10,12-17,21,31,33,37H,8,11,18-20,22-24H2,1-4H3. The quantitative estimate of drug-likeness (QED) is 0.336. The SMILES string of the molecule is CC(=O)N1CC2CC(c3ccc(CCCOc4ccc(C)cc4C)cc3)=C(C(=O)N(C)CCc3ccccc3)C(C1)N2. The van der Waals surface area contributed by atoms with Crippen molar-refractivity contribution in [3.8, 4) is 5.75 Å². The Morgan fingerprint density at radius 1 is 0.952 bits per heavy atom. The lowest BCUT2D eigenvalue weighted by molar-refractivity contribution is -0.132. The molecule has 2 atom stereocenters. The fourth-order valence-electron chi connectivity index (χ4n) is 6.17. The summed E-state index contributed by atoms with van der Waals surface area (Å²) in [6, 6.07) is 25.2. The van der Waals surface area contributed by atoms with Crippen LogP contribution in [-0.4, -0.2) is 67.0 Å². The molecule has 1 saturated heterocycles. The van der Waals surface area contributed by atoms with Gasteiger partial charge in [0.25, 0.3) is 5.91 Å². The highest BCUT2D eigenvalue weighted by Crippen LogP contribution is 2.34. The zero-order valence-electron chi connectivity index (χ0n) is 25.4. The van der Waals surface area contributed by atoms with Gasteiger partial charge in [-0.3, -0.25) is 9.59 Å². The second-order valence-electron chi connectivity index (χ2n) is 11.8. The van der Waals surface area contributed by atoms with Crippen LogP contribution in [0.25, 0.3) is 5.57 Å². The lowest BCUT2D eigenvalue weighted by Gasteiger charge is -2.44. The van der Waals surface area contributed by atoms with Gasteiger partial charge in [-0.05, 0) is 73.4 Å². The number of carbonyl (C=O) groups excluding carboxylic acids is 2. The second kappa shape index (κ2) is 13.4.